The van der Waals surface area contributed by atoms with E-state index in [0.29, 0.717) is 45.3 Å². The molecule has 0 bridgehead atoms. The third kappa shape index (κ3) is 6.23. The fourth-order valence-electron chi connectivity index (χ4n) is 4.41. The normalized spacial score (nSPS) is 14.9. The van der Waals surface area contributed by atoms with Crippen LogP contribution in [0.1, 0.15) is 36.1 Å². The second kappa shape index (κ2) is 11.1. The van der Waals surface area contributed by atoms with Crippen LogP contribution in [0.3, 0.4) is 0 Å². The Labute approximate surface area is 205 Å². The fraction of sp³-hybridized carbons (Fsp3) is 0.321. The number of aromatic nitrogens is 1. The maximum Gasteiger partial charge on any atom is 0.410 e. The summed E-state index contributed by atoms with van der Waals surface area (Å²) in [5.74, 6) is -0.233. The number of ether oxygens (including phenoxy) is 1. The molecule has 0 unspecified atom stereocenters. The van der Waals surface area contributed by atoms with Crippen LogP contribution >= 0.6 is 0 Å². The van der Waals surface area contributed by atoms with Gasteiger partial charge < -0.3 is 14.5 Å². The number of amides is 2. The number of hydrogen-bond acceptors (Lipinski definition) is 4. The van der Waals surface area contributed by atoms with Crippen LogP contribution in [-0.4, -0.2) is 46.9 Å². The molecule has 1 aliphatic rings. The average molecular weight is 476 g/mol. The monoisotopic (exact) mass is 475 g/mol. The first kappa shape index (κ1) is 24.4. The van der Waals surface area contributed by atoms with E-state index in [4.69, 9.17) is 4.74 Å². The SMILES string of the molecule is CN(Cc1ccccn1)C(=O)OC1(c2ccccc2)CCN(C(=O)CCc2ccc(F)cc2)CC1. The number of piperidine rings is 1. The largest absolute Gasteiger partial charge is 0.438 e. The van der Waals surface area contributed by atoms with Crippen LogP contribution in [0.4, 0.5) is 9.18 Å². The van der Waals surface area contributed by atoms with Gasteiger partial charge in [-0.15, -0.1) is 0 Å². The van der Waals surface area contributed by atoms with Gasteiger partial charge >= 0.3 is 6.09 Å². The number of carbonyl (C=O) groups excluding carboxylic acids is 2. The van der Waals surface area contributed by atoms with E-state index in [1.807, 2.05) is 53.4 Å². The van der Waals surface area contributed by atoms with Gasteiger partial charge in [-0.05, 0) is 41.8 Å². The molecule has 0 atom stereocenters. The van der Waals surface area contributed by atoms with Gasteiger partial charge in [-0.25, -0.2) is 9.18 Å². The molecule has 3 aromatic rings. The predicted octanol–water partition coefficient (Wildman–Crippen LogP) is 4.94. The highest BCUT2D eigenvalue weighted by Gasteiger charge is 2.41. The highest BCUT2D eigenvalue weighted by molar-refractivity contribution is 5.76. The maximum absolute atomic E-state index is 13.1. The van der Waals surface area contributed by atoms with Crippen molar-refractivity contribution in [2.24, 2.45) is 0 Å². The van der Waals surface area contributed by atoms with E-state index in [1.165, 1.54) is 17.0 Å². The Morgan fingerprint density at radius 2 is 1.69 bits per heavy atom. The van der Waals surface area contributed by atoms with E-state index >= 15 is 0 Å². The number of benzene rings is 2. The van der Waals surface area contributed by atoms with Crippen LogP contribution in [0.5, 0.6) is 0 Å². The van der Waals surface area contributed by atoms with Gasteiger partial charge in [0.25, 0.3) is 0 Å². The number of pyridine rings is 1. The zero-order chi connectivity index (χ0) is 24.7. The lowest BCUT2D eigenvalue weighted by atomic mass is 9.84. The molecule has 0 N–H and O–H groups in total. The van der Waals surface area contributed by atoms with E-state index < -0.39 is 11.7 Å². The van der Waals surface area contributed by atoms with Gasteiger partial charge in [0, 0.05) is 45.6 Å². The molecule has 2 heterocycles. The van der Waals surface area contributed by atoms with Crippen molar-refractivity contribution >= 4 is 12.0 Å². The first-order valence-corrected chi connectivity index (χ1v) is 11.9. The second-order valence-electron chi connectivity index (χ2n) is 8.91. The molecule has 2 aromatic carbocycles. The van der Waals surface area contributed by atoms with Gasteiger partial charge in [-0.3, -0.25) is 9.78 Å². The quantitative estimate of drug-likeness (QED) is 0.486. The molecule has 1 fully saturated rings. The topological polar surface area (TPSA) is 62.7 Å². The molecule has 2 amide bonds. The molecule has 1 saturated heterocycles. The summed E-state index contributed by atoms with van der Waals surface area (Å²) in [6.07, 6.45) is 3.23. The maximum atomic E-state index is 13.1. The average Bonchev–Trinajstić information content (AvgIpc) is 2.89. The summed E-state index contributed by atoms with van der Waals surface area (Å²) in [5, 5.41) is 0. The molecule has 7 heteroatoms. The third-order valence-corrected chi connectivity index (χ3v) is 6.48. The number of hydrogen-bond donors (Lipinski definition) is 0. The van der Waals surface area contributed by atoms with E-state index in [1.54, 1.807) is 25.4 Å². The minimum Gasteiger partial charge on any atom is -0.438 e. The molecule has 35 heavy (non-hydrogen) atoms. The molecule has 1 aromatic heterocycles. The summed E-state index contributed by atoms with van der Waals surface area (Å²) < 4.78 is 19.3. The Balaban J connectivity index is 1.40. The third-order valence-electron chi connectivity index (χ3n) is 6.48. The van der Waals surface area contributed by atoms with Gasteiger partial charge in [0.2, 0.25) is 5.91 Å². The first-order chi connectivity index (χ1) is 16.9. The van der Waals surface area contributed by atoms with Gasteiger partial charge in [0.1, 0.15) is 11.4 Å². The first-order valence-electron chi connectivity index (χ1n) is 11.9. The molecule has 182 valence electrons. The summed E-state index contributed by atoms with van der Waals surface area (Å²) in [4.78, 5) is 33.5. The Bertz CT molecular complexity index is 1120. The van der Waals surface area contributed by atoms with Crippen LogP contribution in [0, 0.1) is 5.82 Å². The van der Waals surface area contributed by atoms with Crippen LogP contribution in [0.2, 0.25) is 0 Å². The molecular weight excluding hydrogens is 445 g/mol. The van der Waals surface area contributed by atoms with Crippen molar-refractivity contribution in [1.82, 2.24) is 14.8 Å². The van der Waals surface area contributed by atoms with Crippen molar-refractivity contribution in [2.45, 2.75) is 37.8 Å². The number of nitrogens with zero attached hydrogens (tertiary/aromatic N) is 3. The summed E-state index contributed by atoms with van der Waals surface area (Å²) in [5.41, 5.74) is 1.84. The Morgan fingerprint density at radius 3 is 2.34 bits per heavy atom. The minimum atomic E-state index is -0.801. The zero-order valence-corrected chi connectivity index (χ0v) is 19.9. The van der Waals surface area contributed by atoms with Gasteiger partial charge in [0.05, 0.1) is 12.2 Å². The van der Waals surface area contributed by atoms with Gasteiger partial charge in [-0.1, -0.05) is 48.5 Å². The van der Waals surface area contributed by atoms with Crippen LogP contribution in [-0.2, 0) is 28.1 Å². The smallest absolute Gasteiger partial charge is 0.410 e. The lowest BCUT2D eigenvalue weighted by Gasteiger charge is -2.42. The lowest BCUT2D eigenvalue weighted by Crippen LogP contribution is -2.48. The molecule has 0 aliphatic carbocycles. The van der Waals surface area contributed by atoms with Crippen molar-refractivity contribution in [3.63, 3.8) is 0 Å². The second-order valence-corrected chi connectivity index (χ2v) is 8.91. The Kier molecular flexibility index (Phi) is 7.75. The number of likely N-dealkylation sites (tertiary alicyclic amines) is 1. The van der Waals surface area contributed by atoms with E-state index in [0.717, 1.165) is 16.8 Å². The molecule has 0 radical (unpaired) electrons. The van der Waals surface area contributed by atoms with Crippen molar-refractivity contribution in [3.8, 4) is 0 Å². The summed E-state index contributed by atoms with van der Waals surface area (Å²) in [7, 11) is 1.70. The van der Waals surface area contributed by atoms with E-state index in [9.17, 15) is 14.0 Å². The minimum absolute atomic E-state index is 0.0505. The van der Waals surface area contributed by atoms with Crippen molar-refractivity contribution < 1.29 is 18.7 Å². The molecule has 0 spiro atoms. The van der Waals surface area contributed by atoms with Crippen molar-refractivity contribution in [3.05, 3.63) is 102 Å². The Morgan fingerprint density at radius 1 is 1.00 bits per heavy atom. The van der Waals surface area contributed by atoms with E-state index in [-0.39, 0.29) is 11.7 Å². The number of rotatable bonds is 7. The van der Waals surface area contributed by atoms with Gasteiger partial charge in [-0.2, -0.15) is 0 Å². The molecule has 0 saturated carbocycles. The lowest BCUT2D eigenvalue weighted by molar-refractivity contribution is -0.136. The van der Waals surface area contributed by atoms with Gasteiger partial charge in [0.15, 0.2) is 0 Å². The standard InChI is InChI=1S/C28H30FN3O3/c1-31(21-25-9-5-6-18-30-25)27(34)35-28(23-7-3-2-4-8-23)16-19-32(20-17-28)26(33)15-12-22-10-13-24(29)14-11-22/h2-11,13-14,18H,12,15-17,19-21H2,1H3. The van der Waals surface area contributed by atoms with Crippen molar-refractivity contribution in [2.75, 3.05) is 20.1 Å². The summed E-state index contributed by atoms with van der Waals surface area (Å²) in [6, 6.07) is 21.6. The van der Waals surface area contributed by atoms with Crippen LogP contribution in [0.25, 0.3) is 0 Å². The molecule has 6 nitrogen and oxygen atoms in total. The predicted molar refractivity (Wildman–Crippen MR) is 131 cm³/mol. The zero-order valence-electron chi connectivity index (χ0n) is 19.9. The number of halogens is 1. The number of carbonyl (C=O) groups is 2. The van der Waals surface area contributed by atoms with Crippen molar-refractivity contribution in [1.29, 1.82) is 0 Å². The molecule has 4 rings (SSSR count). The fourth-order valence-corrected chi connectivity index (χ4v) is 4.41. The number of aryl methyl sites for hydroxylation is 1. The van der Waals surface area contributed by atoms with Crippen LogP contribution in [0.15, 0.2) is 79.0 Å². The molecule has 1 aliphatic heterocycles. The summed E-state index contributed by atoms with van der Waals surface area (Å²) >= 11 is 0. The Hall–Kier alpha value is -3.74. The van der Waals surface area contributed by atoms with E-state index in [2.05, 4.69) is 4.98 Å². The highest BCUT2D eigenvalue weighted by Crippen LogP contribution is 2.37. The highest BCUT2D eigenvalue weighted by atomic mass is 19.1. The van der Waals surface area contributed by atoms with Crippen LogP contribution < -0.4 is 0 Å². The molecular formula is C28H30FN3O3. The summed E-state index contributed by atoms with van der Waals surface area (Å²) in [6.45, 7) is 1.33.